The van der Waals surface area contributed by atoms with Gasteiger partial charge in [0.05, 0.1) is 24.8 Å². The molecule has 1 aromatic heterocycles. The third-order valence-corrected chi connectivity index (χ3v) is 7.57. The van der Waals surface area contributed by atoms with Gasteiger partial charge in [0.25, 0.3) is 0 Å². The minimum Gasteiger partial charge on any atom is -0.497 e. The summed E-state index contributed by atoms with van der Waals surface area (Å²) in [6.45, 7) is 3.50. The van der Waals surface area contributed by atoms with Crippen molar-refractivity contribution < 1.29 is 22.7 Å². The number of nitrogens with two attached hydrogens (primary N) is 1. The largest absolute Gasteiger partial charge is 0.497 e. The number of hydrogen-bond donors (Lipinski definition) is 2. The standard InChI is InChI=1S/C22H26N4O5S2/c1-5-32-22-20(33(28,29)16-9-7-15(30-3)8-10-16)21(23)26(25-22)13-19(27)24-17-12-14(2)6-11-18(17)31-4/h6-12H,5,13,23H2,1-4H3,(H,24,27). The van der Waals surface area contributed by atoms with Crippen molar-refractivity contribution in [2.75, 3.05) is 31.0 Å². The highest BCUT2D eigenvalue weighted by Gasteiger charge is 2.30. The fraction of sp³-hybridized carbons (Fsp3) is 0.273. The summed E-state index contributed by atoms with van der Waals surface area (Å²) in [6, 6.07) is 11.4. The maximum absolute atomic E-state index is 13.4. The molecule has 3 aromatic rings. The van der Waals surface area contributed by atoms with Crippen LogP contribution in [0.1, 0.15) is 12.5 Å². The number of nitrogens with one attached hydrogen (secondary N) is 1. The molecular formula is C22H26N4O5S2. The first kappa shape index (κ1) is 24.5. The second-order valence-corrected chi connectivity index (χ2v) is 10.2. The van der Waals surface area contributed by atoms with Crippen LogP contribution in [0.15, 0.2) is 57.3 Å². The van der Waals surface area contributed by atoms with E-state index in [0.29, 0.717) is 22.9 Å². The normalized spacial score (nSPS) is 11.3. The number of carbonyl (C=O) groups is 1. The Balaban J connectivity index is 1.94. The van der Waals surface area contributed by atoms with Gasteiger partial charge >= 0.3 is 0 Å². The molecule has 1 heterocycles. The van der Waals surface area contributed by atoms with Crippen LogP contribution in [0.3, 0.4) is 0 Å². The lowest BCUT2D eigenvalue weighted by Crippen LogP contribution is -2.21. The van der Waals surface area contributed by atoms with Crippen LogP contribution in [0, 0.1) is 6.92 Å². The minimum atomic E-state index is -3.97. The van der Waals surface area contributed by atoms with Crippen molar-refractivity contribution in [3.05, 3.63) is 48.0 Å². The highest BCUT2D eigenvalue weighted by Crippen LogP contribution is 2.35. The fourth-order valence-electron chi connectivity index (χ4n) is 3.16. The van der Waals surface area contributed by atoms with Crippen molar-refractivity contribution in [3.63, 3.8) is 0 Å². The number of anilines is 2. The van der Waals surface area contributed by atoms with E-state index in [1.54, 1.807) is 24.3 Å². The SMILES string of the molecule is CCSc1nn(CC(=O)Nc2cc(C)ccc2OC)c(N)c1S(=O)(=O)c1ccc(OC)cc1. The number of carbonyl (C=O) groups excluding carboxylic acids is 1. The van der Waals surface area contributed by atoms with E-state index >= 15 is 0 Å². The lowest BCUT2D eigenvalue weighted by Gasteiger charge is -2.11. The van der Waals surface area contributed by atoms with Crippen LogP contribution in [0.2, 0.25) is 0 Å². The molecule has 1 amide bonds. The van der Waals surface area contributed by atoms with Gasteiger partial charge in [-0.05, 0) is 54.6 Å². The number of amides is 1. The molecule has 2 aromatic carbocycles. The maximum atomic E-state index is 13.4. The van der Waals surface area contributed by atoms with Gasteiger partial charge in [-0.15, -0.1) is 11.8 Å². The monoisotopic (exact) mass is 490 g/mol. The molecule has 33 heavy (non-hydrogen) atoms. The summed E-state index contributed by atoms with van der Waals surface area (Å²) in [5.41, 5.74) is 7.66. The summed E-state index contributed by atoms with van der Waals surface area (Å²) in [6.07, 6.45) is 0. The van der Waals surface area contributed by atoms with E-state index in [-0.39, 0.29) is 27.2 Å². The first-order valence-corrected chi connectivity index (χ1v) is 12.5. The molecule has 176 valence electrons. The lowest BCUT2D eigenvalue weighted by atomic mass is 10.2. The Morgan fingerprint density at radius 3 is 2.45 bits per heavy atom. The molecule has 0 bridgehead atoms. The van der Waals surface area contributed by atoms with Crippen LogP contribution >= 0.6 is 11.8 Å². The Kier molecular flexibility index (Phi) is 7.54. The second kappa shape index (κ2) is 10.2. The smallest absolute Gasteiger partial charge is 0.246 e. The summed E-state index contributed by atoms with van der Waals surface area (Å²) < 4.78 is 38.3. The zero-order valence-electron chi connectivity index (χ0n) is 18.8. The first-order valence-electron chi connectivity index (χ1n) is 10.0. The summed E-state index contributed by atoms with van der Waals surface area (Å²) in [5, 5.41) is 7.34. The van der Waals surface area contributed by atoms with Crippen molar-refractivity contribution in [1.82, 2.24) is 9.78 Å². The highest BCUT2D eigenvalue weighted by molar-refractivity contribution is 8.00. The van der Waals surface area contributed by atoms with Crippen LogP contribution in [-0.4, -0.2) is 44.1 Å². The molecule has 0 spiro atoms. The third kappa shape index (κ3) is 5.25. The van der Waals surface area contributed by atoms with Gasteiger partial charge in [0.1, 0.15) is 33.8 Å². The maximum Gasteiger partial charge on any atom is 0.246 e. The van der Waals surface area contributed by atoms with Crippen molar-refractivity contribution in [3.8, 4) is 11.5 Å². The predicted molar refractivity (Wildman–Crippen MR) is 128 cm³/mol. The van der Waals surface area contributed by atoms with Crippen LogP contribution in [-0.2, 0) is 21.2 Å². The number of benzene rings is 2. The van der Waals surface area contributed by atoms with E-state index < -0.39 is 15.7 Å². The zero-order chi connectivity index (χ0) is 24.2. The molecule has 0 radical (unpaired) electrons. The molecule has 0 saturated carbocycles. The van der Waals surface area contributed by atoms with Crippen molar-refractivity contribution in [2.45, 2.75) is 35.2 Å². The molecule has 3 rings (SSSR count). The Morgan fingerprint density at radius 2 is 1.85 bits per heavy atom. The molecule has 0 aliphatic heterocycles. The predicted octanol–water partition coefficient (Wildman–Crippen LogP) is 3.37. The number of aryl methyl sites for hydroxylation is 1. The number of rotatable bonds is 9. The molecule has 11 heteroatoms. The van der Waals surface area contributed by atoms with Gasteiger partial charge in [0, 0.05) is 0 Å². The van der Waals surface area contributed by atoms with Crippen molar-refractivity contribution in [1.29, 1.82) is 0 Å². The molecular weight excluding hydrogens is 464 g/mol. The van der Waals surface area contributed by atoms with E-state index in [0.717, 1.165) is 5.56 Å². The van der Waals surface area contributed by atoms with Gasteiger partial charge in [0.2, 0.25) is 15.7 Å². The molecule has 3 N–H and O–H groups in total. The Morgan fingerprint density at radius 1 is 1.15 bits per heavy atom. The van der Waals surface area contributed by atoms with Crippen LogP contribution < -0.4 is 20.5 Å². The number of sulfone groups is 1. The van der Waals surface area contributed by atoms with E-state index in [1.807, 2.05) is 19.9 Å². The highest BCUT2D eigenvalue weighted by atomic mass is 32.2. The topological polar surface area (TPSA) is 126 Å². The van der Waals surface area contributed by atoms with Gasteiger partial charge in [-0.2, -0.15) is 5.10 Å². The lowest BCUT2D eigenvalue weighted by molar-refractivity contribution is -0.116. The summed E-state index contributed by atoms with van der Waals surface area (Å²) in [4.78, 5) is 12.7. The minimum absolute atomic E-state index is 0.0569. The van der Waals surface area contributed by atoms with Crippen molar-refractivity contribution >= 4 is 39.0 Å². The molecule has 0 unspecified atom stereocenters. The van der Waals surface area contributed by atoms with Gasteiger partial charge in [-0.3, -0.25) is 4.79 Å². The Bertz CT molecular complexity index is 1250. The number of thioether (sulfide) groups is 1. The van der Waals surface area contributed by atoms with Gasteiger partial charge in [-0.25, -0.2) is 13.1 Å². The Labute approximate surface area is 197 Å². The molecule has 9 nitrogen and oxygen atoms in total. The van der Waals surface area contributed by atoms with E-state index in [4.69, 9.17) is 15.2 Å². The average Bonchev–Trinajstić information content (AvgIpc) is 3.09. The molecule has 0 saturated heterocycles. The van der Waals surface area contributed by atoms with Crippen LogP contribution in [0.5, 0.6) is 11.5 Å². The number of nitrogens with zero attached hydrogens (tertiary/aromatic N) is 2. The number of aromatic nitrogens is 2. The molecule has 0 atom stereocenters. The number of hydrogen-bond acceptors (Lipinski definition) is 8. The van der Waals surface area contributed by atoms with Gasteiger partial charge in [-0.1, -0.05) is 13.0 Å². The van der Waals surface area contributed by atoms with E-state index in [9.17, 15) is 13.2 Å². The number of nitrogen functional groups attached to an aromatic ring is 1. The average molecular weight is 491 g/mol. The number of methoxy groups -OCH3 is 2. The molecule has 0 aliphatic rings. The second-order valence-electron chi connectivity index (χ2n) is 7.04. The zero-order valence-corrected chi connectivity index (χ0v) is 20.4. The Hall–Kier alpha value is -3.18. The molecule has 0 fully saturated rings. The van der Waals surface area contributed by atoms with E-state index in [1.165, 1.54) is 42.8 Å². The third-order valence-electron chi connectivity index (χ3n) is 4.76. The van der Waals surface area contributed by atoms with Crippen molar-refractivity contribution in [2.24, 2.45) is 0 Å². The first-order chi connectivity index (χ1) is 15.7. The van der Waals surface area contributed by atoms with E-state index in [2.05, 4.69) is 10.4 Å². The van der Waals surface area contributed by atoms with Crippen LogP contribution in [0.25, 0.3) is 0 Å². The number of ether oxygens (including phenoxy) is 2. The summed E-state index contributed by atoms with van der Waals surface area (Å²) in [7, 11) is -0.965. The van der Waals surface area contributed by atoms with Gasteiger partial charge in [0.15, 0.2) is 0 Å². The fourth-order valence-corrected chi connectivity index (χ4v) is 5.71. The molecule has 0 aliphatic carbocycles. The summed E-state index contributed by atoms with van der Waals surface area (Å²) >= 11 is 1.24. The summed E-state index contributed by atoms with van der Waals surface area (Å²) in [5.74, 6) is 1.09. The van der Waals surface area contributed by atoms with Crippen LogP contribution in [0.4, 0.5) is 11.5 Å². The quantitative estimate of drug-likeness (QED) is 0.437. The van der Waals surface area contributed by atoms with Gasteiger partial charge < -0.3 is 20.5 Å².